The summed E-state index contributed by atoms with van der Waals surface area (Å²) in [5, 5.41) is 15.5. The molecule has 37 heavy (non-hydrogen) atoms. The quantitative estimate of drug-likeness (QED) is 0.227. The molecule has 0 fully saturated rings. The molecule has 0 amide bonds. The first-order valence-electron chi connectivity index (χ1n) is 12.8. The maximum absolute atomic E-state index is 4.87. The molecule has 0 bridgehead atoms. The smallest absolute Gasteiger partial charge is 0.134 e. The van der Waals surface area contributed by atoms with Crippen LogP contribution in [0.2, 0.25) is 0 Å². The second-order valence-electron chi connectivity index (χ2n) is 9.04. The molecule has 1 heterocycles. The molecule has 0 spiro atoms. The second kappa shape index (κ2) is 10.5. The lowest BCUT2D eigenvalue weighted by atomic mass is 10.1. The van der Waals surface area contributed by atoms with Crippen molar-refractivity contribution in [3.05, 3.63) is 120 Å². The maximum atomic E-state index is 4.87. The van der Waals surface area contributed by atoms with E-state index in [4.69, 9.17) is 9.98 Å². The number of nitrogens with zero attached hydrogens (tertiary/aromatic N) is 2. The highest BCUT2D eigenvalue weighted by Crippen LogP contribution is 2.24. The fourth-order valence-corrected chi connectivity index (χ4v) is 4.87. The van der Waals surface area contributed by atoms with Crippen molar-refractivity contribution in [3.63, 3.8) is 0 Å². The number of hydrogen-bond donors (Lipinski definition) is 3. The van der Waals surface area contributed by atoms with Crippen LogP contribution in [-0.2, 0) is 0 Å². The van der Waals surface area contributed by atoms with Crippen molar-refractivity contribution in [1.29, 1.82) is 0 Å². The van der Waals surface area contributed by atoms with Gasteiger partial charge < -0.3 is 16.0 Å². The summed E-state index contributed by atoms with van der Waals surface area (Å²) in [6.45, 7) is 2.83. The molecule has 0 aliphatic carbocycles. The van der Waals surface area contributed by atoms with Crippen LogP contribution in [0.15, 0.2) is 119 Å². The SMILES string of the molecule is c1ccc2c(c1)C(=NCCNc1cccc3ccccc13)NC2=NCCNc1cccc2ccccc12. The first kappa shape index (κ1) is 22.8. The second-order valence-corrected chi connectivity index (χ2v) is 9.04. The van der Waals surface area contributed by atoms with Crippen LogP contribution in [0.3, 0.4) is 0 Å². The Morgan fingerprint density at radius 3 is 1.43 bits per heavy atom. The van der Waals surface area contributed by atoms with E-state index in [-0.39, 0.29) is 0 Å². The third-order valence-electron chi connectivity index (χ3n) is 6.65. The van der Waals surface area contributed by atoms with Gasteiger partial charge in [0, 0.05) is 46.4 Å². The predicted molar refractivity (Wildman–Crippen MR) is 157 cm³/mol. The van der Waals surface area contributed by atoms with Gasteiger partial charge in [-0.25, -0.2) is 0 Å². The standard InChI is InChI=1S/C32H29N5/c1-3-13-25-23(9-1)11-7-17-29(25)33-19-21-35-31-27-15-5-6-16-28(27)32(37-31)36-22-20-34-30-18-8-12-24-10-2-4-14-26(24)30/h1-18,33-34H,19-22H2,(H,35,36,37). The summed E-state index contributed by atoms with van der Waals surface area (Å²) >= 11 is 0. The van der Waals surface area contributed by atoms with Crippen LogP contribution >= 0.6 is 0 Å². The van der Waals surface area contributed by atoms with E-state index in [9.17, 15) is 0 Å². The van der Waals surface area contributed by atoms with Crippen molar-refractivity contribution in [1.82, 2.24) is 5.32 Å². The van der Waals surface area contributed by atoms with Crippen LogP contribution in [0.5, 0.6) is 0 Å². The van der Waals surface area contributed by atoms with Crippen molar-refractivity contribution in [3.8, 4) is 0 Å². The highest BCUT2D eigenvalue weighted by atomic mass is 15.1. The normalized spacial score (nSPS) is 14.7. The van der Waals surface area contributed by atoms with E-state index in [1.54, 1.807) is 0 Å². The van der Waals surface area contributed by atoms with Crippen LogP contribution in [0.25, 0.3) is 21.5 Å². The number of amidine groups is 2. The highest BCUT2D eigenvalue weighted by Gasteiger charge is 2.22. The van der Waals surface area contributed by atoms with Gasteiger partial charge >= 0.3 is 0 Å². The number of aliphatic imine (C=N–C) groups is 2. The summed E-state index contributed by atoms with van der Waals surface area (Å²) in [5.41, 5.74) is 4.49. The molecule has 5 nitrogen and oxygen atoms in total. The fraction of sp³-hybridized carbons (Fsp3) is 0.125. The summed E-state index contributed by atoms with van der Waals surface area (Å²) in [6, 6.07) is 37.9. The minimum absolute atomic E-state index is 0.663. The molecule has 5 aromatic rings. The van der Waals surface area contributed by atoms with Crippen LogP contribution < -0.4 is 16.0 Å². The zero-order valence-electron chi connectivity index (χ0n) is 20.6. The van der Waals surface area contributed by atoms with E-state index >= 15 is 0 Å². The molecule has 5 heteroatoms. The Balaban J connectivity index is 1.10. The number of rotatable bonds is 8. The third-order valence-corrected chi connectivity index (χ3v) is 6.65. The molecule has 1 aliphatic heterocycles. The van der Waals surface area contributed by atoms with Gasteiger partial charge in [-0.1, -0.05) is 97.1 Å². The van der Waals surface area contributed by atoms with Crippen molar-refractivity contribution in [2.75, 3.05) is 36.8 Å². The van der Waals surface area contributed by atoms with E-state index in [0.29, 0.717) is 13.1 Å². The molecule has 0 unspecified atom stereocenters. The third kappa shape index (κ3) is 4.89. The number of anilines is 2. The number of fused-ring (bicyclic) bond motifs is 3. The topological polar surface area (TPSA) is 60.8 Å². The van der Waals surface area contributed by atoms with Gasteiger partial charge in [-0.15, -0.1) is 0 Å². The average Bonchev–Trinajstić information content (AvgIpc) is 3.31. The van der Waals surface area contributed by atoms with E-state index in [1.807, 2.05) is 0 Å². The Labute approximate surface area is 217 Å². The van der Waals surface area contributed by atoms with Gasteiger partial charge in [0.25, 0.3) is 0 Å². The zero-order chi connectivity index (χ0) is 24.9. The predicted octanol–water partition coefficient (Wildman–Crippen LogP) is 6.31. The van der Waals surface area contributed by atoms with E-state index < -0.39 is 0 Å². The lowest BCUT2D eigenvalue weighted by Gasteiger charge is -2.09. The van der Waals surface area contributed by atoms with Gasteiger partial charge in [0.2, 0.25) is 0 Å². The molecule has 0 aromatic heterocycles. The lowest BCUT2D eigenvalue weighted by Crippen LogP contribution is -2.24. The highest BCUT2D eigenvalue weighted by molar-refractivity contribution is 6.25. The van der Waals surface area contributed by atoms with Gasteiger partial charge in [-0.2, -0.15) is 0 Å². The number of benzene rings is 5. The van der Waals surface area contributed by atoms with Gasteiger partial charge in [-0.05, 0) is 22.9 Å². The van der Waals surface area contributed by atoms with Gasteiger partial charge in [0.15, 0.2) is 0 Å². The molecule has 0 atom stereocenters. The molecule has 182 valence electrons. The van der Waals surface area contributed by atoms with Crippen LogP contribution in [0.1, 0.15) is 11.1 Å². The maximum Gasteiger partial charge on any atom is 0.134 e. The monoisotopic (exact) mass is 483 g/mol. The summed E-state index contributed by atoms with van der Waals surface area (Å²) in [7, 11) is 0. The Bertz CT molecular complexity index is 1490. The molecule has 6 rings (SSSR count). The minimum atomic E-state index is 0.663. The molecule has 0 saturated heterocycles. The van der Waals surface area contributed by atoms with Crippen LogP contribution in [0.4, 0.5) is 11.4 Å². The van der Waals surface area contributed by atoms with Gasteiger partial charge in [0.1, 0.15) is 11.7 Å². The van der Waals surface area contributed by atoms with Crippen LogP contribution in [-0.4, -0.2) is 37.9 Å². The first-order chi connectivity index (χ1) is 18.4. The Kier molecular flexibility index (Phi) is 6.50. The van der Waals surface area contributed by atoms with E-state index in [2.05, 4.69) is 125 Å². The van der Waals surface area contributed by atoms with Crippen molar-refractivity contribution >= 4 is 44.6 Å². The van der Waals surface area contributed by atoms with Crippen molar-refractivity contribution < 1.29 is 0 Å². The van der Waals surface area contributed by atoms with E-state index in [0.717, 1.165) is 47.3 Å². The van der Waals surface area contributed by atoms with Crippen LogP contribution in [0, 0.1) is 0 Å². The molecular formula is C32H29N5. The molecular weight excluding hydrogens is 454 g/mol. The Hall–Kier alpha value is -4.64. The van der Waals surface area contributed by atoms with Gasteiger partial charge in [-0.3, -0.25) is 9.98 Å². The fourth-order valence-electron chi connectivity index (χ4n) is 4.87. The van der Waals surface area contributed by atoms with E-state index in [1.165, 1.54) is 21.5 Å². The Morgan fingerprint density at radius 2 is 0.919 bits per heavy atom. The number of nitrogens with one attached hydrogen (secondary N) is 3. The molecule has 5 aromatic carbocycles. The van der Waals surface area contributed by atoms with Gasteiger partial charge in [0.05, 0.1) is 13.1 Å². The summed E-state index contributed by atoms with van der Waals surface area (Å²) in [4.78, 5) is 9.73. The zero-order valence-corrected chi connectivity index (χ0v) is 20.6. The minimum Gasteiger partial charge on any atom is -0.383 e. The largest absolute Gasteiger partial charge is 0.383 e. The Morgan fingerprint density at radius 1 is 0.486 bits per heavy atom. The van der Waals surface area contributed by atoms with Crippen molar-refractivity contribution in [2.24, 2.45) is 9.98 Å². The average molecular weight is 484 g/mol. The molecule has 1 aliphatic rings. The van der Waals surface area contributed by atoms with Crippen molar-refractivity contribution in [2.45, 2.75) is 0 Å². The molecule has 0 saturated carbocycles. The number of hydrogen-bond acceptors (Lipinski definition) is 4. The summed E-state index contributed by atoms with van der Waals surface area (Å²) in [6.07, 6.45) is 0. The summed E-state index contributed by atoms with van der Waals surface area (Å²) < 4.78 is 0. The molecule has 0 radical (unpaired) electrons. The first-order valence-corrected chi connectivity index (χ1v) is 12.8. The summed E-state index contributed by atoms with van der Waals surface area (Å²) in [5.74, 6) is 1.77. The lowest BCUT2D eigenvalue weighted by molar-refractivity contribution is 1.01. The molecule has 3 N–H and O–H groups in total.